The first-order valence-corrected chi connectivity index (χ1v) is 8.02. The highest BCUT2D eigenvalue weighted by Crippen LogP contribution is 2.48. The zero-order valence-electron chi connectivity index (χ0n) is 11.3. The Morgan fingerprint density at radius 1 is 1.00 bits per heavy atom. The molecule has 1 atom stereocenters. The molecule has 108 valence electrons. The van der Waals surface area contributed by atoms with E-state index >= 15 is 0 Å². The summed E-state index contributed by atoms with van der Waals surface area (Å²) in [7, 11) is 0. The lowest BCUT2D eigenvalue weighted by Crippen LogP contribution is -2.25. The number of Topliss-reactive ketones (excluding diaryl/α,β-unsaturated/α-hetero) is 1. The third-order valence-electron chi connectivity index (χ3n) is 3.82. The Morgan fingerprint density at radius 2 is 1.77 bits per heavy atom. The van der Waals surface area contributed by atoms with Crippen molar-refractivity contribution in [2.24, 2.45) is 0 Å². The smallest absolute Gasteiger partial charge is 0.284 e. The molecule has 5 heteroatoms. The molecule has 4 rings (SSSR count). The second-order valence-corrected chi connectivity index (χ2v) is 6.64. The molecule has 0 bridgehead atoms. The highest BCUT2D eigenvalue weighted by Gasteiger charge is 2.40. The van der Waals surface area contributed by atoms with Gasteiger partial charge in [-0.05, 0) is 17.7 Å². The molecule has 22 heavy (non-hydrogen) atoms. The topological polar surface area (TPSA) is 46.2 Å². The number of halogens is 1. The number of carbonyl (C=O) groups is 2. The van der Waals surface area contributed by atoms with Gasteiger partial charge >= 0.3 is 0 Å². The highest BCUT2D eigenvalue weighted by atomic mass is 35.5. The molecule has 2 aromatic carbocycles. The predicted octanol–water partition coefficient (Wildman–Crippen LogP) is 4.45. The van der Waals surface area contributed by atoms with Crippen LogP contribution in [-0.2, 0) is 0 Å². The molecular formula is C17H10ClNO2S. The number of hydrogen-bond acceptors (Lipinski definition) is 3. The molecule has 2 aliphatic rings. The number of benzene rings is 2. The number of thioether (sulfide) groups is 1. The maximum absolute atomic E-state index is 12.8. The Hall–Kier alpha value is -2.04. The molecule has 1 heterocycles. The van der Waals surface area contributed by atoms with Gasteiger partial charge < -0.3 is 5.32 Å². The minimum absolute atomic E-state index is 0.0249. The minimum Gasteiger partial charge on any atom is -0.316 e. The fourth-order valence-electron chi connectivity index (χ4n) is 2.89. The van der Waals surface area contributed by atoms with Crippen LogP contribution in [0.2, 0.25) is 5.02 Å². The first-order chi connectivity index (χ1) is 10.6. The van der Waals surface area contributed by atoms with Gasteiger partial charge in [-0.1, -0.05) is 59.8 Å². The Balaban J connectivity index is 1.90. The molecule has 0 fully saturated rings. The number of ketones is 1. The predicted molar refractivity (Wildman–Crippen MR) is 88.0 cm³/mol. The number of nitrogens with one attached hydrogen (secondary N) is 1. The minimum atomic E-state index is -0.331. The van der Waals surface area contributed by atoms with Gasteiger partial charge in [-0.2, -0.15) is 0 Å². The lowest BCUT2D eigenvalue weighted by Gasteiger charge is -2.24. The SMILES string of the molecule is O=C1NC2=C(C(=O)c3ccccc32)[C@@H](c2cccc(Cl)c2)S1. The van der Waals surface area contributed by atoms with E-state index in [0.717, 1.165) is 22.9 Å². The van der Waals surface area contributed by atoms with Crippen LogP contribution in [0.3, 0.4) is 0 Å². The van der Waals surface area contributed by atoms with Crippen LogP contribution in [0.4, 0.5) is 4.79 Å². The highest BCUT2D eigenvalue weighted by molar-refractivity contribution is 8.14. The molecule has 0 aromatic heterocycles. The van der Waals surface area contributed by atoms with Crippen molar-refractivity contribution in [3.63, 3.8) is 0 Å². The molecular weight excluding hydrogens is 318 g/mol. The number of hydrogen-bond donors (Lipinski definition) is 1. The monoisotopic (exact) mass is 327 g/mol. The fourth-order valence-corrected chi connectivity index (χ4v) is 4.09. The van der Waals surface area contributed by atoms with E-state index in [9.17, 15) is 9.59 Å². The van der Waals surface area contributed by atoms with Gasteiger partial charge in [-0.15, -0.1) is 0 Å². The number of rotatable bonds is 1. The summed E-state index contributed by atoms with van der Waals surface area (Å²) in [6.07, 6.45) is 0. The van der Waals surface area contributed by atoms with Gasteiger partial charge in [0, 0.05) is 21.7 Å². The molecule has 2 aromatic rings. The van der Waals surface area contributed by atoms with Gasteiger partial charge in [0.1, 0.15) is 0 Å². The van der Waals surface area contributed by atoms with Gasteiger partial charge in [0.05, 0.1) is 10.9 Å². The van der Waals surface area contributed by atoms with E-state index in [0.29, 0.717) is 21.9 Å². The van der Waals surface area contributed by atoms with Crippen LogP contribution >= 0.6 is 23.4 Å². The lowest BCUT2D eigenvalue weighted by atomic mass is 10.0. The van der Waals surface area contributed by atoms with Crippen LogP contribution in [0.5, 0.6) is 0 Å². The Morgan fingerprint density at radius 3 is 2.55 bits per heavy atom. The van der Waals surface area contributed by atoms with Gasteiger partial charge in [-0.3, -0.25) is 9.59 Å². The largest absolute Gasteiger partial charge is 0.316 e. The summed E-state index contributed by atoms with van der Waals surface area (Å²) in [4.78, 5) is 24.8. The average Bonchev–Trinajstić information content (AvgIpc) is 2.80. The van der Waals surface area contributed by atoms with Gasteiger partial charge in [0.2, 0.25) is 0 Å². The summed E-state index contributed by atoms with van der Waals surface area (Å²) in [5, 5.41) is 2.93. The van der Waals surface area contributed by atoms with Crippen molar-refractivity contribution in [3.8, 4) is 0 Å². The number of carbonyl (C=O) groups excluding carboxylic acids is 2. The Kier molecular flexibility index (Phi) is 3.10. The van der Waals surface area contributed by atoms with E-state index in [1.165, 1.54) is 0 Å². The van der Waals surface area contributed by atoms with E-state index in [4.69, 9.17) is 11.6 Å². The zero-order valence-corrected chi connectivity index (χ0v) is 12.9. The third kappa shape index (κ3) is 1.99. The lowest BCUT2D eigenvalue weighted by molar-refractivity contribution is 0.103. The molecule has 1 aliphatic heterocycles. The van der Waals surface area contributed by atoms with Crippen molar-refractivity contribution >= 4 is 40.1 Å². The summed E-state index contributed by atoms with van der Waals surface area (Å²) in [6, 6.07) is 14.7. The van der Waals surface area contributed by atoms with Gasteiger partial charge in [0.25, 0.3) is 5.24 Å². The fraction of sp³-hybridized carbons (Fsp3) is 0.0588. The second kappa shape index (κ2) is 5.00. The van der Waals surface area contributed by atoms with E-state index in [1.54, 1.807) is 18.2 Å². The van der Waals surface area contributed by atoms with Crippen molar-refractivity contribution in [3.05, 3.63) is 75.8 Å². The van der Waals surface area contributed by atoms with Crippen LogP contribution in [0.1, 0.15) is 26.7 Å². The summed E-state index contributed by atoms with van der Waals surface area (Å²) in [6.45, 7) is 0. The summed E-state index contributed by atoms with van der Waals surface area (Å²) in [5.41, 5.74) is 3.56. The summed E-state index contributed by atoms with van der Waals surface area (Å²) < 4.78 is 0. The first kappa shape index (κ1) is 13.6. The molecule has 1 amide bonds. The van der Waals surface area contributed by atoms with Crippen molar-refractivity contribution in [1.29, 1.82) is 0 Å². The molecule has 0 spiro atoms. The van der Waals surface area contributed by atoms with Gasteiger partial charge in [0.15, 0.2) is 5.78 Å². The van der Waals surface area contributed by atoms with E-state index < -0.39 is 0 Å². The van der Waals surface area contributed by atoms with Crippen molar-refractivity contribution in [2.45, 2.75) is 5.25 Å². The molecule has 0 saturated heterocycles. The second-order valence-electron chi connectivity index (χ2n) is 5.13. The average molecular weight is 328 g/mol. The van der Waals surface area contributed by atoms with Crippen LogP contribution < -0.4 is 5.32 Å². The standard InChI is InChI=1S/C17H10ClNO2S/c18-10-5-3-4-9(8-10)16-13-14(19-17(21)22-16)11-6-1-2-7-12(11)15(13)20/h1-8,16H,(H,19,21)/t16-/m1/s1. The van der Waals surface area contributed by atoms with E-state index in [2.05, 4.69) is 5.32 Å². The summed E-state index contributed by atoms with van der Waals surface area (Å²) >= 11 is 7.17. The maximum atomic E-state index is 12.8. The molecule has 0 unspecified atom stereocenters. The normalized spacial score (nSPS) is 19.8. The van der Waals surface area contributed by atoms with Crippen LogP contribution in [-0.4, -0.2) is 11.0 Å². The summed E-state index contributed by atoms with van der Waals surface area (Å²) in [5.74, 6) is -0.0249. The Bertz CT molecular complexity index is 859. The quantitative estimate of drug-likeness (QED) is 0.842. The van der Waals surface area contributed by atoms with Crippen molar-refractivity contribution in [1.82, 2.24) is 5.32 Å². The molecule has 0 radical (unpaired) electrons. The maximum Gasteiger partial charge on any atom is 0.284 e. The van der Waals surface area contributed by atoms with E-state index in [1.807, 2.05) is 30.3 Å². The van der Waals surface area contributed by atoms with Crippen LogP contribution in [0.25, 0.3) is 5.70 Å². The molecule has 3 nitrogen and oxygen atoms in total. The molecule has 1 N–H and O–H groups in total. The van der Waals surface area contributed by atoms with Gasteiger partial charge in [-0.25, -0.2) is 0 Å². The third-order valence-corrected chi connectivity index (χ3v) is 5.12. The number of amides is 1. The van der Waals surface area contributed by atoms with Crippen molar-refractivity contribution in [2.75, 3.05) is 0 Å². The molecule has 0 saturated carbocycles. The van der Waals surface area contributed by atoms with Crippen LogP contribution in [0.15, 0.2) is 54.1 Å². The van der Waals surface area contributed by atoms with Crippen LogP contribution in [0, 0.1) is 0 Å². The van der Waals surface area contributed by atoms with E-state index in [-0.39, 0.29) is 16.3 Å². The number of fused-ring (bicyclic) bond motifs is 2. The van der Waals surface area contributed by atoms with Crippen molar-refractivity contribution < 1.29 is 9.59 Å². The molecule has 1 aliphatic carbocycles. The Labute approximate surface area is 136 Å². The first-order valence-electron chi connectivity index (χ1n) is 6.76. The zero-order chi connectivity index (χ0) is 15.3.